The minimum absolute atomic E-state index is 0.0261. The van der Waals surface area contributed by atoms with Gasteiger partial charge in [0.15, 0.2) is 0 Å². The fourth-order valence-electron chi connectivity index (χ4n) is 2.50. The molecule has 0 spiro atoms. The Morgan fingerprint density at radius 3 is 2.62 bits per heavy atom. The maximum absolute atomic E-state index is 12.9. The van der Waals surface area contributed by atoms with Crippen LogP contribution in [0, 0.1) is 0 Å². The molecule has 0 amide bonds. The lowest BCUT2D eigenvalue weighted by Gasteiger charge is -2.33. The third kappa shape index (κ3) is 4.00. The van der Waals surface area contributed by atoms with Crippen LogP contribution in [0.4, 0.5) is 5.69 Å². The summed E-state index contributed by atoms with van der Waals surface area (Å²) in [5.41, 5.74) is 0.265. The highest BCUT2D eigenvalue weighted by Gasteiger charge is 2.33. The summed E-state index contributed by atoms with van der Waals surface area (Å²) in [6.45, 7) is 4.89. The quantitative estimate of drug-likeness (QED) is 0.745. The number of methoxy groups -OCH3 is 1. The number of piperazine rings is 1. The van der Waals surface area contributed by atoms with Crippen molar-refractivity contribution in [2.45, 2.75) is 24.8 Å². The molecule has 0 bridgehead atoms. The van der Waals surface area contributed by atoms with Gasteiger partial charge in [0, 0.05) is 31.7 Å². The number of hydrogen-bond acceptors (Lipinski definition) is 6. The van der Waals surface area contributed by atoms with Crippen molar-refractivity contribution in [1.82, 2.24) is 9.62 Å². The molecule has 1 saturated heterocycles. The Bertz CT molecular complexity index is 793. The Morgan fingerprint density at radius 2 is 2.04 bits per heavy atom. The molecular formula is C14H23N3O5S2. The fourth-order valence-corrected chi connectivity index (χ4v) is 4.90. The van der Waals surface area contributed by atoms with Crippen LogP contribution in [0.1, 0.15) is 13.8 Å². The van der Waals surface area contributed by atoms with E-state index in [2.05, 4.69) is 10.0 Å². The number of sulfonamides is 2. The summed E-state index contributed by atoms with van der Waals surface area (Å²) in [6, 6.07) is 4.01. The van der Waals surface area contributed by atoms with E-state index < -0.39 is 20.0 Å². The highest BCUT2D eigenvalue weighted by molar-refractivity contribution is 7.92. The molecule has 136 valence electrons. The monoisotopic (exact) mass is 377 g/mol. The van der Waals surface area contributed by atoms with Crippen LogP contribution in [-0.2, 0) is 20.0 Å². The van der Waals surface area contributed by atoms with E-state index in [1.807, 2.05) is 6.92 Å². The minimum atomic E-state index is -3.73. The summed E-state index contributed by atoms with van der Waals surface area (Å²) in [5, 5.41) is 3.14. The first-order valence-corrected chi connectivity index (χ1v) is 10.7. The number of benzene rings is 1. The van der Waals surface area contributed by atoms with Gasteiger partial charge in [-0.05, 0) is 26.0 Å². The number of nitrogens with zero attached hydrogens (tertiary/aromatic N) is 1. The maximum Gasteiger partial charge on any atom is 0.247 e. The third-order valence-electron chi connectivity index (χ3n) is 3.84. The molecule has 0 radical (unpaired) electrons. The van der Waals surface area contributed by atoms with Gasteiger partial charge in [-0.2, -0.15) is 4.31 Å². The van der Waals surface area contributed by atoms with Crippen LogP contribution in [0.15, 0.2) is 23.1 Å². The van der Waals surface area contributed by atoms with Gasteiger partial charge < -0.3 is 10.1 Å². The Hall–Kier alpha value is -1.36. The lowest BCUT2D eigenvalue weighted by molar-refractivity contribution is 0.282. The van der Waals surface area contributed by atoms with Gasteiger partial charge in [0.2, 0.25) is 20.0 Å². The van der Waals surface area contributed by atoms with Gasteiger partial charge >= 0.3 is 0 Å². The van der Waals surface area contributed by atoms with Crippen molar-refractivity contribution < 1.29 is 21.6 Å². The van der Waals surface area contributed by atoms with Crippen LogP contribution in [0.3, 0.4) is 0 Å². The molecule has 8 nitrogen and oxygen atoms in total. The predicted octanol–water partition coefficient (Wildman–Crippen LogP) is 0.439. The SMILES string of the molecule is CCS(=O)(=O)Nc1ccc(S(=O)(=O)N2CCNCC2C)c(OC)c1. The molecule has 1 aliphatic heterocycles. The molecule has 1 aromatic rings. The molecular weight excluding hydrogens is 354 g/mol. The van der Waals surface area contributed by atoms with Crippen molar-refractivity contribution in [3.05, 3.63) is 18.2 Å². The minimum Gasteiger partial charge on any atom is -0.495 e. The van der Waals surface area contributed by atoms with Crippen molar-refractivity contribution in [2.75, 3.05) is 37.2 Å². The average molecular weight is 377 g/mol. The summed E-state index contributed by atoms with van der Waals surface area (Å²) >= 11 is 0. The smallest absolute Gasteiger partial charge is 0.247 e. The Labute approximate surface area is 143 Å². The largest absolute Gasteiger partial charge is 0.495 e. The second kappa shape index (κ2) is 7.26. The molecule has 1 heterocycles. The summed E-state index contributed by atoms with van der Waals surface area (Å²) < 4.78 is 58.1. The molecule has 1 fully saturated rings. The Kier molecular flexibility index (Phi) is 5.74. The first kappa shape index (κ1) is 19.0. The molecule has 0 aliphatic carbocycles. The molecule has 2 rings (SSSR count). The Balaban J connectivity index is 2.40. The van der Waals surface area contributed by atoms with Crippen molar-refractivity contribution in [2.24, 2.45) is 0 Å². The standard InChI is InChI=1S/C14H23N3O5S2/c1-4-23(18,19)16-12-5-6-14(13(9-12)22-3)24(20,21)17-8-7-15-10-11(17)2/h5-6,9,11,15-16H,4,7-8,10H2,1-3H3. The van der Waals surface area contributed by atoms with Gasteiger partial charge in [-0.1, -0.05) is 0 Å². The fraction of sp³-hybridized carbons (Fsp3) is 0.571. The highest BCUT2D eigenvalue weighted by Crippen LogP contribution is 2.31. The molecule has 0 saturated carbocycles. The number of ether oxygens (including phenoxy) is 1. The van der Waals surface area contributed by atoms with Crippen molar-refractivity contribution >= 4 is 25.7 Å². The van der Waals surface area contributed by atoms with Crippen molar-refractivity contribution in [1.29, 1.82) is 0 Å². The topological polar surface area (TPSA) is 105 Å². The van der Waals surface area contributed by atoms with Crippen LogP contribution in [0.2, 0.25) is 0 Å². The van der Waals surface area contributed by atoms with Crippen molar-refractivity contribution in [3.63, 3.8) is 0 Å². The van der Waals surface area contributed by atoms with E-state index in [-0.39, 0.29) is 28.1 Å². The van der Waals surface area contributed by atoms with E-state index in [9.17, 15) is 16.8 Å². The molecule has 0 aromatic heterocycles. The second-order valence-electron chi connectivity index (χ2n) is 5.54. The first-order chi connectivity index (χ1) is 11.2. The number of anilines is 1. The zero-order valence-corrected chi connectivity index (χ0v) is 15.6. The molecule has 24 heavy (non-hydrogen) atoms. The maximum atomic E-state index is 12.9. The molecule has 1 aliphatic rings. The van der Waals surface area contributed by atoms with E-state index in [0.29, 0.717) is 19.6 Å². The lowest BCUT2D eigenvalue weighted by atomic mass is 10.3. The molecule has 2 N–H and O–H groups in total. The highest BCUT2D eigenvalue weighted by atomic mass is 32.2. The van der Waals surface area contributed by atoms with Gasteiger partial charge in [-0.3, -0.25) is 4.72 Å². The lowest BCUT2D eigenvalue weighted by Crippen LogP contribution is -2.52. The zero-order valence-electron chi connectivity index (χ0n) is 13.9. The normalized spacial score (nSPS) is 19.9. The number of nitrogens with one attached hydrogen (secondary N) is 2. The average Bonchev–Trinajstić information content (AvgIpc) is 2.54. The molecule has 1 aromatic carbocycles. The van der Waals surface area contributed by atoms with Gasteiger partial charge in [-0.25, -0.2) is 16.8 Å². The summed E-state index contributed by atoms with van der Waals surface area (Å²) in [4.78, 5) is 0.0261. The van der Waals surface area contributed by atoms with Gasteiger partial charge in [0.25, 0.3) is 0 Å². The zero-order chi connectivity index (χ0) is 18.0. The molecule has 10 heteroatoms. The van der Waals surface area contributed by atoms with Crippen LogP contribution >= 0.6 is 0 Å². The number of hydrogen-bond donors (Lipinski definition) is 2. The van der Waals surface area contributed by atoms with Crippen LogP contribution < -0.4 is 14.8 Å². The van der Waals surface area contributed by atoms with Crippen LogP contribution in [0.25, 0.3) is 0 Å². The van der Waals surface area contributed by atoms with E-state index >= 15 is 0 Å². The summed E-state index contributed by atoms with van der Waals surface area (Å²) in [7, 11) is -5.82. The third-order valence-corrected chi connectivity index (χ3v) is 7.20. The predicted molar refractivity (Wildman–Crippen MR) is 92.3 cm³/mol. The van der Waals surface area contributed by atoms with Gasteiger partial charge in [-0.15, -0.1) is 0 Å². The van der Waals surface area contributed by atoms with Gasteiger partial charge in [0.05, 0.1) is 18.6 Å². The second-order valence-corrected chi connectivity index (χ2v) is 9.41. The summed E-state index contributed by atoms with van der Waals surface area (Å²) in [6.07, 6.45) is 0. The van der Waals surface area contributed by atoms with Crippen LogP contribution in [0.5, 0.6) is 5.75 Å². The number of rotatable bonds is 6. The summed E-state index contributed by atoms with van der Waals surface area (Å²) in [5.74, 6) is 0.0326. The van der Waals surface area contributed by atoms with E-state index in [0.717, 1.165) is 0 Å². The Morgan fingerprint density at radius 1 is 1.33 bits per heavy atom. The van der Waals surface area contributed by atoms with Crippen LogP contribution in [-0.4, -0.2) is 59.7 Å². The van der Waals surface area contributed by atoms with E-state index in [4.69, 9.17) is 4.74 Å². The van der Waals surface area contributed by atoms with Crippen molar-refractivity contribution in [3.8, 4) is 5.75 Å². The van der Waals surface area contributed by atoms with Gasteiger partial charge in [0.1, 0.15) is 10.6 Å². The molecule has 1 unspecified atom stereocenters. The van der Waals surface area contributed by atoms with E-state index in [1.165, 1.54) is 36.5 Å². The first-order valence-electron chi connectivity index (χ1n) is 7.62. The molecule has 1 atom stereocenters. The van der Waals surface area contributed by atoms with E-state index in [1.54, 1.807) is 0 Å².